The molecule has 1 heterocycles. The number of hydrazine groups is 1. The molecule has 1 N–H and O–H groups in total. The van der Waals surface area contributed by atoms with Gasteiger partial charge in [0.2, 0.25) is 0 Å². The van der Waals surface area contributed by atoms with Gasteiger partial charge in [-0.3, -0.25) is 15.2 Å². The predicted molar refractivity (Wildman–Crippen MR) is 63.7 cm³/mol. The van der Waals surface area contributed by atoms with Crippen molar-refractivity contribution in [3.63, 3.8) is 0 Å². The topological polar surface area (TPSA) is 32.3 Å². The predicted octanol–water partition coefficient (Wildman–Crippen LogP) is 2.22. The van der Waals surface area contributed by atoms with E-state index in [1.54, 1.807) is 11.2 Å². The van der Waals surface area contributed by atoms with Gasteiger partial charge in [0.05, 0.1) is 11.6 Å². The standard InChI is InChI=1S/C11H10Cl2N2O/c12-9-7-15(14-11(16)10(9)13)6-8-4-2-1-3-5-8/h1-5,7,10H,6H2,(H,14,16). The summed E-state index contributed by atoms with van der Waals surface area (Å²) in [5, 5.41) is 1.17. The number of carbonyl (C=O) groups is 1. The Morgan fingerprint density at radius 2 is 2.00 bits per heavy atom. The first-order chi connectivity index (χ1) is 7.66. The molecule has 1 atom stereocenters. The van der Waals surface area contributed by atoms with Crippen LogP contribution >= 0.6 is 23.2 Å². The van der Waals surface area contributed by atoms with Crippen LogP contribution in [0.15, 0.2) is 41.6 Å². The molecule has 1 aliphatic rings. The second-order valence-electron chi connectivity index (χ2n) is 3.47. The molecule has 16 heavy (non-hydrogen) atoms. The van der Waals surface area contributed by atoms with Gasteiger partial charge in [-0.15, -0.1) is 11.6 Å². The molecule has 2 rings (SSSR count). The van der Waals surface area contributed by atoms with Crippen LogP contribution in [0.5, 0.6) is 0 Å². The number of halogens is 2. The smallest absolute Gasteiger partial charge is 0.262 e. The van der Waals surface area contributed by atoms with Crippen LogP contribution < -0.4 is 5.43 Å². The number of hydrogen-bond donors (Lipinski definition) is 1. The van der Waals surface area contributed by atoms with Gasteiger partial charge >= 0.3 is 0 Å². The molecular formula is C11H10Cl2N2O. The highest BCUT2D eigenvalue weighted by molar-refractivity contribution is 6.43. The van der Waals surface area contributed by atoms with Crippen LogP contribution in [0.1, 0.15) is 5.56 Å². The summed E-state index contributed by atoms with van der Waals surface area (Å²) in [5.41, 5.74) is 3.73. The zero-order valence-electron chi connectivity index (χ0n) is 8.36. The number of rotatable bonds is 2. The summed E-state index contributed by atoms with van der Waals surface area (Å²) in [6.45, 7) is 0.562. The quantitative estimate of drug-likeness (QED) is 0.824. The Morgan fingerprint density at radius 3 is 2.62 bits per heavy atom. The van der Waals surface area contributed by atoms with Gasteiger partial charge in [0.1, 0.15) is 0 Å². The lowest BCUT2D eigenvalue weighted by Gasteiger charge is -2.27. The van der Waals surface area contributed by atoms with Gasteiger partial charge in [-0.2, -0.15) is 0 Å². The van der Waals surface area contributed by atoms with Crippen LogP contribution in [0.4, 0.5) is 0 Å². The van der Waals surface area contributed by atoms with Crippen molar-refractivity contribution in [1.82, 2.24) is 10.4 Å². The second kappa shape index (κ2) is 4.76. The minimum absolute atomic E-state index is 0.301. The zero-order chi connectivity index (χ0) is 11.5. The number of amides is 1. The number of nitrogens with one attached hydrogen (secondary N) is 1. The molecule has 1 aliphatic heterocycles. The van der Waals surface area contributed by atoms with Gasteiger partial charge in [-0.05, 0) is 5.56 Å². The van der Waals surface area contributed by atoms with Crippen molar-refractivity contribution in [3.8, 4) is 0 Å². The van der Waals surface area contributed by atoms with E-state index in [4.69, 9.17) is 23.2 Å². The van der Waals surface area contributed by atoms with E-state index in [2.05, 4.69) is 5.43 Å². The molecule has 1 amide bonds. The monoisotopic (exact) mass is 256 g/mol. The summed E-state index contributed by atoms with van der Waals surface area (Å²) in [7, 11) is 0. The third kappa shape index (κ3) is 2.49. The Labute approximate surface area is 104 Å². The van der Waals surface area contributed by atoms with Crippen molar-refractivity contribution in [3.05, 3.63) is 47.1 Å². The fraction of sp³-hybridized carbons (Fsp3) is 0.182. The molecule has 0 fully saturated rings. The Morgan fingerprint density at radius 1 is 1.31 bits per heavy atom. The minimum atomic E-state index is -0.784. The van der Waals surface area contributed by atoms with Gasteiger partial charge in [0.15, 0.2) is 5.38 Å². The lowest BCUT2D eigenvalue weighted by molar-refractivity contribution is -0.124. The first kappa shape index (κ1) is 11.3. The van der Waals surface area contributed by atoms with E-state index in [0.29, 0.717) is 11.6 Å². The van der Waals surface area contributed by atoms with E-state index in [1.807, 2.05) is 30.3 Å². The van der Waals surface area contributed by atoms with Crippen LogP contribution in [0.25, 0.3) is 0 Å². The van der Waals surface area contributed by atoms with Crippen molar-refractivity contribution >= 4 is 29.1 Å². The number of alkyl halides is 1. The van der Waals surface area contributed by atoms with E-state index < -0.39 is 5.38 Å². The molecule has 0 saturated heterocycles. The Balaban J connectivity index is 2.10. The molecular weight excluding hydrogens is 247 g/mol. The SMILES string of the molecule is O=C1NN(Cc2ccccc2)C=C(Cl)C1Cl. The average molecular weight is 257 g/mol. The van der Waals surface area contributed by atoms with Crippen LogP contribution in [0.2, 0.25) is 0 Å². The van der Waals surface area contributed by atoms with Crippen LogP contribution in [0.3, 0.4) is 0 Å². The van der Waals surface area contributed by atoms with Gasteiger partial charge in [-0.1, -0.05) is 41.9 Å². The van der Waals surface area contributed by atoms with Gasteiger partial charge < -0.3 is 0 Å². The molecule has 0 radical (unpaired) electrons. The maximum atomic E-state index is 11.4. The van der Waals surface area contributed by atoms with Gasteiger partial charge in [-0.25, -0.2) is 0 Å². The minimum Gasteiger partial charge on any atom is -0.287 e. The molecule has 5 heteroatoms. The molecule has 0 aromatic heterocycles. The summed E-state index contributed by atoms with van der Waals surface area (Å²) in [6.07, 6.45) is 1.63. The third-order valence-corrected chi connectivity index (χ3v) is 3.06. The maximum Gasteiger partial charge on any atom is 0.262 e. The lowest BCUT2D eigenvalue weighted by atomic mass is 10.2. The fourth-order valence-electron chi connectivity index (χ4n) is 1.44. The Hall–Kier alpha value is -1.19. The third-order valence-electron chi connectivity index (χ3n) is 2.20. The highest BCUT2D eigenvalue weighted by Gasteiger charge is 2.25. The molecule has 1 aromatic carbocycles. The molecule has 0 spiro atoms. The van der Waals surface area contributed by atoms with Crippen LogP contribution in [0, 0.1) is 0 Å². The number of carbonyl (C=O) groups excluding carboxylic acids is 1. The normalized spacial score (nSPS) is 20.4. The van der Waals surface area contributed by atoms with Gasteiger partial charge in [0, 0.05) is 6.20 Å². The van der Waals surface area contributed by atoms with Crippen molar-refractivity contribution in [1.29, 1.82) is 0 Å². The Bertz CT molecular complexity index is 419. The summed E-state index contributed by atoms with van der Waals surface area (Å²) in [6, 6.07) is 9.77. The highest BCUT2D eigenvalue weighted by atomic mass is 35.5. The number of hydrogen-bond acceptors (Lipinski definition) is 2. The molecule has 84 valence electrons. The summed E-state index contributed by atoms with van der Waals surface area (Å²) in [5.74, 6) is -0.301. The number of nitrogens with zero attached hydrogens (tertiary/aromatic N) is 1. The molecule has 1 aromatic rings. The van der Waals surface area contributed by atoms with Crippen molar-refractivity contribution in [2.24, 2.45) is 0 Å². The fourth-order valence-corrected chi connectivity index (χ4v) is 1.76. The van der Waals surface area contributed by atoms with Gasteiger partial charge in [0.25, 0.3) is 5.91 Å². The Kier molecular flexibility index (Phi) is 3.36. The molecule has 0 saturated carbocycles. The van der Waals surface area contributed by atoms with E-state index in [0.717, 1.165) is 5.56 Å². The first-order valence-corrected chi connectivity index (χ1v) is 5.60. The van der Waals surface area contributed by atoms with Crippen molar-refractivity contribution in [2.75, 3.05) is 0 Å². The summed E-state index contributed by atoms with van der Waals surface area (Å²) < 4.78 is 0. The molecule has 0 bridgehead atoms. The van der Waals surface area contributed by atoms with E-state index >= 15 is 0 Å². The van der Waals surface area contributed by atoms with Crippen molar-refractivity contribution < 1.29 is 4.79 Å². The van der Waals surface area contributed by atoms with Crippen molar-refractivity contribution in [2.45, 2.75) is 11.9 Å². The largest absolute Gasteiger partial charge is 0.287 e. The zero-order valence-corrected chi connectivity index (χ0v) is 9.87. The van der Waals surface area contributed by atoms with E-state index in [1.165, 1.54) is 0 Å². The lowest BCUT2D eigenvalue weighted by Crippen LogP contribution is -2.46. The average Bonchev–Trinajstić information content (AvgIpc) is 2.27. The molecule has 1 unspecified atom stereocenters. The first-order valence-electron chi connectivity index (χ1n) is 4.79. The highest BCUT2D eigenvalue weighted by Crippen LogP contribution is 2.20. The van der Waals surface area contributed by atoms with E-state index in [9.17, 15) is 4.79 Å². The summed E-state index contributed by atoms with van der Waals surface area (Å²) in [4.78, 5) is 11.4. The summed E-state index contributed by atoms with van der Waals surface area (Å²) >= 11 is 11.6. The van der Waals surface area contributed by atoms with Crippen LogP contribution in [-0.4, -0.2) is 16.3 Å². The molecule has 0 aliphatic carbocycles. The van der Waals surface area contributed by atoms with Crippen LogP contribution in [-0.2, 0) is 11.3 Å². The maximum absolute atomic E-state index is 11.4. The van der Waals surface area contributed by atoms with E-state index in [-0.39, 0.29) is 5.91 Å². The second-order valence-corrected chi connectivity index (χ2v) is 4.34. The number of benzene rings is 1. The molecule has 3 nitrogen and oxygen atoms in total.